The molecule has 4 aliphatic carbocycles. The fourth-order valence-electron chi connectivity index (χ4n) is 8.16. The van der Waals surface area contributed by atoms with Gasteiger partial charge in [-0.25, -0.2) is 0 Å². The van der Waals surface area contributed by atoms with Crippen LogP contribution in [0.15, 0.2) is 24.5 Å². The molecule has 5 fully saturated rings. The summed E-state index contributed by atoms with van der Waals surface area (Å²) in [5.41, 5.74) is -0.912. The van der Waals surface area contributed by atoms with Crippen LogP contribution in [0.2, 0.25) is 0 Å². The van der Waals surface area contributed by atoms with E-state index in [1.807, 2.05) is 0 Å². The van der Waals surface area contributed by atoms with Crippen LogP contribution in [-0.4, -0.2) is 55.7 Å². The number of Topliss-reactive ketones (excluding diaryl/α,β-unsaturated/α-hetero) is 1. The van der Waals surface area contributed by atoms with Gasteiger partial charge in [0.1, 0.15) is 11.5 Å². The highest BCUT2D eigenvalue weighted by Crippen LogP contribution is 2.75. The summed E-state index contributed by atoms with van der Waals surface area (Å²) in [6.45, 7) is 8.21. The van der Waals surface area contributed by atoms with Crippen molar-refractivity contribution in [3.8, 4) is 0 Å². The minimum absolute atomic E-state index is 0.143. The average Bonchev–Trinajstić information content (AvgIpc) is 2.78. The Morgan fingerprint density at radius 2 is 1.90 bits per heavy atom. The Kier molecular flexibility index (Phi) is 3.10. The van der Waals surface area contributed by atoms with E-state index in [0.29, 0.717) is 24.8 Å². The molecule has 8 atom stereocenters. The maximum absolute atomic E-state index is 13.6. The maximum atomic E-state index is 13.6. The molecule has 29 heavy (non-hydrogen) atoms. The first kappa shape index (κ1) is 18.1. The SMILES string of the molecule is C=C1C(=O)[C@]23[C@H](O)[C@H]1CC[C@H]2[C@@]12CO[C@]3(O)[C@@H](O)[C@@H]1C(C)(C)Cc1nccnc12. The number of carbonyl (C=O) groups excluding carboxylic acids is 1. The number of hydrogen-bond donors (Lipinski definition) is 3. The van der Waals surface area contributed by atoms with Gasteiger partial charge in [-0.1, -0.05) is 20.4 Å². The predicted octanol–water partition coefficient (Wildman–Crippen LogP) is 0.519. The van der Waals surface area contributed by atoms with Gasteiger partial charge in [0.25, 0.3) is 0 Å². The summed E-state index contributed by atoms with van der Waals surface area (Å²) >= 11 is 0. The van der Waals surface area contributed by atoms with Crippen LogP contribution in [0.25, 0.3) is 0 Å². The third kappa shape index (κ3) is 1.58. The van der Waals surface area contributed by atoms with Gasteiger partial charge in [0.2, 0.25) is 5.79 Å². The number of aromatic nitrogens is 2. The second kappa shape index (κ2) is 4.97. The molecule has 4 bridgehead atoms. The molecule has 7 heteroatoms. The molecular formula is C22H26N2O5. The largest absolute Gasteiger partial charge is 0.391 e. The van der Waals surface area contributed by atoms with Crippen molar-refractivity contribution in [3.63, 3.8) is 0 Å². The zero-order valence-corrected chi connectivity index (χ0v) is 16.6. The van der Waals surface area contributed by atoms with Crippen molar-refractivity contribution < 1.29 is 24.9 Å². The van der Waals surface area contributed by atoms with Gasteiger partial charge in [-0.05, 0) is 36.2 Å². The topological polar surface area (TPSA) is 113 Å². The minimum atomic E-state index is -2.14. The fraction of sp³-hybridized carbons (Fsp3) is 0.682. The number of ketones is 1. The zero-order chi connectivity index (χ0) is 20.6. The highest BCUT2D eigenvalue weighted by atomic mass is 16.6. The zero-order valence-electron chi connectivity index (χ0n) is 16.6. The second-order valence-corrected chi connectivity index (χ2v) is 10.4. The van der Waals surface area contributed by atoms with Gasteiger partial charge >= 0.3 is 0 Å². The van der Waals surface area contributed by atoms with Crippen molar-refractivity contribution >= 4 is 5.78 Å². The molecule has 7 rings (SSSR count). The lowest BCUT2D eigenvalue weighted by Gasteiger charge is -2.73. The number of aliphatic hydroxyl groups excluding tert-OH is 2. The van der Waals surface area contributed by atoms with E-state index in [2.05, 4.69) is 30.4 Å². The molecule has 1 aromatic rings. The summed E-state index contributed by atoms with van der Waals surface area (Å²) in [5, 5.41) is 34.7. The molecule has 2 aliphatic heterocycles. The summed E-state index contributed by atoms with van der Waals surface area (Å²) in [4.78, 5) is 22.9. The van der Waals surface area contributed by atoms with E-state index in [1.54, 1.807) is 12.4 Å². The van der Waals surface area contributed by atoms with E-state index in [0.717, 1.165) is 11.4 Å². The van der Waals surface area contributed by atoms with E-state index < -0.39 is 46.1 Å². The Morgan fingerprint density at radius 1 is 1.17 bits per heavy atom. The molecule has 0 radical (unpaired) electrons. The van der Waals surface area contributed by atoms with Gasteiger partial charge in [-0.15, -0.1) is 0 Å². The smallest absolute Gasteiger partial charge is 0.208 e. The molecule has 0 amide bonds. The van der Waals surface area contributed by atoms with Crippen molar-refractivity contribution in [2.24, 2.45) is 28.6 Å². The average molecular weight is 398 g/mol. The maximum Gasteiger partial charge on any atom is 0.208 e. The normalized spacial score (nSPS) is 51.4. The number of rotatable bonds is 0. The Labute approximate surface area is 168 Å². The summed E-state index contributed by atoms with van der Waals surface area (Å²) in [5.74, 6) is -3.71. The highest BCUT2D eigenvalue weighted by molar-refractivity contribution is 6.05. The van der Waals surface area contributed by atoms with Crippen LogP contribution in [0.3, 0.4) is 0 Å². The lowest BCUT2D eigenvalue weighted by molar-refractivity contribution is -0.429. The molecule has 3 heterocycles. The van der Waals surface area contributed by atoms with E-state index in [1.165, 1.54) is 0 Å². The Morgan fingerprint density at radius 3 is 2.66 bits per heavy atom. The number of hydrogen-bond acceptors (Lipinski definition) is 7. The molecular weight excluding hydrogens is 372 g/mol. The predicted molar refractivity (Wildman–Crippen MR) is 100 cm³/mol. The van der Waals surface area contributed by atoms with Gasteiger partial charge in [0.15, 0.2) is 5.78 Å². The Bertz CT molecular complexity index is 978. The fourth-order valence-corrected chi connectivity index (χ4v) is 8.16. The van der Waals surface area contributed by atoms with Crippen LogP contribution in [0.1, 0.15) is 38.1 Å². The molecule has 0 unspecified atom stereocenters. The molecule has 2 spiro atoms. The summed E-state index contributed by atoms with van der Waals surface area (Å²) in [7, 11) is 0. The molecule has 2 saturated heterocycles. The minimum Gasteiger partial charge on any atom is -0.391 e. The summed E-state index contributed by atoms with van der Waals surface area (Å²) < 4.78 is 5.98. The first-order valence-electron chi connectivity index (χ1n) is 10.4. The van der Waals surface area contributed by atoms with Crippen LogP contribution in [0, 0.1) is 28.6 Å². The molecule has 154 valence electrons. The summed E-state index contributed by atoms with van der Waals surface area (Å²) in [6.07, 6.45) is 2.69. The molecule has 1 aromatic heterocycles. The first-order chi connectivity index (χ1) is 13.6. The Balaban J connectivity index is 1.72. The van der Waals surface area contributed by atoms with Gasteiger partial charge in [-0.3, -0.25) is 14.8 Å². The van der Waals surface area contributed by atoms with E-state index in [9.17, 15) is 20.1 Å². The summed E-state index contributed by atoms with van der Waals surface area (Å²) in [6, 6.07) is 0. The van der Waals surface area contributed by atoms with Crippen molar-refractivity contribution in [2.75, 3.05) is 6.61 Å². The number of aliphatic hydroxyl groups is 3. The first-order valence-corrected chi connectivity index (χ1v) is 10.4. The van der Waals surface area contributed by atoms with Crippen molar-refractivity contribution in [3.05, 3.63) is 35.9 Å². The van der Waals surface area contributed by atoms with E-state index >= 15 is 0 Å². The van der Waals surface area contributed by atoms with E-state index in [4.69, 9.17) is 4.74 Å². The van der Waals surface area contributed by atoms with Crippen LogP contribution in [0.5, 0.6) is 0 Å². The molecule has 6 aliphatic rings. The van der Waals surface area contributed by atoms with E-state index in [-0.39, 0.29) is 18.3 Å². The van der Waals surface area contributed by atoms with Crippen LogP contribution >= 0.6 is 0 Å². The van der Waals surface area contributed by atoms with Gasteiger partial charge in [0, 0.05) is 29.6 Å². The third-order valence-electron chi connectivity index (χ3n) is 8.98. The van der Waals surface area contributed by atoms with Crippen LogP contribution < -0.4 is 0 Å². The van der Waals surface area contributed by atoms with Crippen molar-refractivity contribution in [1.29, 1.82) is 0 Å². The van der Waals surface area contributed by atoms with Crippen LogP contribution in [-0.2, 0) is 21.4 Å². The third-order valence-corrected chi connectivity index (χ3v) is 8.98. The second-order valence-electron chi connectivity index (χ2n) is 10.4. The lowest BCUT2D eigenvalue weighted by Crippen LogP contribution is -2.85. The number of carbonyl (C=O) groups is 1. The molecule has 0 aromatic carbocycles. The quantitative estimate of drug-likeness (QED) is 0.546. The highest BCUT2D eigenvalue weighted by Gasteiger charge is 2.86. The monoisotopic (exact) mass is 398 g/mol. The molecule has 7 nitrogen and oxygen atoms in total. The standard InChI is InChI=1S/C22H26N2O5/c1-10-11-4-5-13-20-9-29-22(28,21(13,16(10)25)17(11)26)18(27)14(20)19(2,3)8-12-15(20)24-7-6-23-12/h6-7,11,13-14,17-18,26-28H,1,4-5,8-9H2,2-3H3/t11-,13-,14+,17+,18-,20-,21-,22+/m0/s1. The van der Waals surface area contributed by atoms with Gasteiger partial charge in [-0.2, -0.15) is 0 Å². The number of fused-ring (bicyclic) bond motifs is 3. The molecule has 3 saturated carbocycles. The lowest BCUT2D eigenvalue weighted by atomic mass is 9.36. The number of ether oxygens (including phenoxy) is 1. The van der Waals surface area contributed by atoms with Gasteiger partial charge in [0.05, 0.1) is 24.1 Å². The molecule has 3 N–H and O–H groups in total. The Hall–Kier alpha value is -1.67. The van der Waals surface area contributed by atoms with Crippen molar-refractivity contribution in [1.82, 2.24) is 9.97 Å². The number of nitrogens with zero attached hydrogens (tertiary/aromatic N) is 2. The van der Waals surface area contributed by atoms with Crippen molar-refractivity contribution in [2.45, 2.75) is 56.5 Å². The van der Waals surface area contributed by atoms with Crippen LogP contribution in [0.4, 0.5) is 0 Å². The van der Waals surface area contributed by atoms with Gasteiger partial charge < -0.3 is 20.1 Å².